The largest absolute Gasteiger partial charge is 0.494 e. The van der Waals surface area contributed by atoms with Gasteiger partial charge in [0.15, 0.2) is 5.78 Å². The Labute approximate surface area is 90.0 Å². The van der Waals surface area contributed by atoms with E-state index >= 15 is 0 Å². The number of benzene rings is 1. The Balaban J connectivity index is 2.86. The van der Waals surface area contributed by atoms with Gasteiger partial charge in [-0.2, -0.15) is 0 Å². The van der Waals surface area contributed by atoms with Gasteiger partial charge >= 0.3 is 0 Å². The van der Waals surface area contributed by atoms with Crippen LogP contribution in [0.2, 0.25) is 0 Å². The molecule has 0 aliphatic rings. The van der Waals surface area contributed by atoms with Crippen molar-refractivity contribution in [1.29, 1.82) is 0 Å². The van der Waals surface area contributed by atoms with Crippen LogP contribution < -0.4 is 4.74 Å². The van der Waals surface area contributed by atoms with E-state index in [0.29, 0.717) is 12.2 Å². The Bertz CT molecular complexity index is 345. The molecule has 0 aliphatic carbocycles. The molecule has 82 valence electrons. The van der Waals surface area contributed by atoms with E-state index in [1.54, 1.807) is 6.07 Å². The van der Waals surface area contributed by atoms with Crippen LogP contribution in [0.4, 0.5) is 0 Å². The number of Topliss-reactive ketones (excluding diaryl/α,β-unsaturated/α-hetero) is 1. The number of hydrogen-bond acceptors (Lipinski definition) is 3. The fourth-order valence-electron chi connectivity index (χ4n) is 1.35. The molecule has 0 amide bonds. The summed E-state index contributed by atoms with van der Waals surface area (Å²) in [4.78, 5) is 11.5. The number of methoxy groups -OCH3 is 1. The van der Waals surface area contributed by atoms with Gasteiger partial charge in [0.05, 0.1) is 6.61 Å². The summed E-state index contributed by atoms with van der Waals surface area (Å²) in [6, 6.07) is 5.41. The first kappa shape index (κ1) is 11.7. The summed E-state index contributed by atoms with van der Waals surface area (Å²) >= 11 is 0. The molecule has 0 spiro atoms. The number of carbonyl (C=O) groups is 1. The molecule has 0 N–H and O–H groups in total. The van der Waals surface area contributed by atoms with Crippen LogP contribution in [0.1, 0.15) is 22.8 Å². The fourth-order valence-corrected chi connectivity index (χ4v) is 1.35. The second-order valence-electron chi connectivity index (χ2n) is 3.27. The number of ketones is 1. The minimum absolute atomic E-state index is 0.0105. The molecule has 0 heterocycles. The normalized spacial score (nSPS) is 10.1. The number of rotatable bonds is 5. The Morgan fingerprint density at radius 3 is 2.67 bits per heavy atom. The first-order chi connectivity index (χ1) is 7.19. The zero-order valence-corrected chi connectivity index (χ0v) is 9.37. The van der Waals surface area contributed by atoms with Crippen molar-refractivity contribution in [2.24, 2.45) is 0 Å². The zero-order chi connectivity index (χ0) is 11.3. The first-order valence-electron chi connectivity index (χ1n) is 4.94. The third kappa shape index (κ3) is 3.06. The third-order valence-corrected chi connectivity index (χ3v) is 2.07. The lowest BCUT2D eigenvalue weighted by Crippen LogP contribution is -2.07. The number of hydrogen-bond donors (Lipinski definition) is 0. The SMILES string of the molecule is CCOc1ccc(C(=O)COC)cc1C. The summed E-state index contributed by atoms with van der Waals surface area (Å²) < 4.78 is 10.2. The summed E-state index contributed by atoms with van der Waals surface area (Å²) in [6.45, 7) is 4.61. The van der Waals surface area contributed by atoms with E-state index in [-0.39, 0.29) is 12.4 Å². The van der Waals surface area contributed by atoms with Gasteiger partial charge in [-0.1, -0.05) is 0 Å². The number of carbonyl (C=O) groups excluding carboxylic acids is 1. The van der Waals surface area contributed by atoms with E-state index < -0.39 is 0 Å². The lowest BCUT2D eigenvalue weighted by Gasteiger charge is -2.08. The van der Waals surface area contributed by atoms with E-state index in [1.165, 1.54) is 7.11 Å². The summed E-state index contributed by atoms with van der Waals surface area (Å²) in [5, 5.41) is 0. The van der Waals surface area contributed by atoms with Crippen LogP contribution in [0.3, 0.4) is 0 Å². The van der Waals surface area contributed by atoms with Crippen molar-refractivity contribution in [2.45, 2.75) is 13.8 Å². The highest BCUT2D eigenvalue weighted by Crippen LogP contribution is 2.19. The molecule has 0 saturated carbocycles. The summed E-state index contributed by atoms with van der Waals surface area (Å²) in [7, 11) is 1.51. The van der Waals surface area contributed by atoms with Gasteiger partial charge in [-0.25, -0.2) is 0 Å². The molecule has 15 heavy (non-hydrogen) atoms. The van der Waals surface area contributed by atoms with Crippen LogP contribution in [-0.2, 0) is 4.74 Å². The quantitative estimate of drug-likeness (QED) is 0.696. The van der Waals surface area contributed by atoms with Crippen molar-refractivity contribution in [3.05, 3.63) is 29.3 Å². The molecule has 1 aromatic carbocycles. The van der Waals surface area contributed by atoms with Crippen molar-refractivity contribution in [3.8, 4) is 5.75 Å². The molecule has 0 aliphatic heterocycles. The molecule has 0 bridgehead atoms. The van der Waals surface area contributed by atoms with Crippen LogP contribution in [0.5, 0.6) is 5.75 Å². The van der Waals surface area contributed by atoms with Crippen molar-refractivity contribution in [1.82, 2.24) is 0 Å². The standard InChI is InChI=1S/C12H16O3/c1-4-15-12-6-5-10(7-9(12)2)11(13)8-14-3/h5-7H,4,8H2,1-3H3. The van der Waals surface area contributed by atoms with E-state index in [4.69, 9.17) is 9.47 Å². The van der Waals surface area contributed by atoms with Crippen LogP contribution >= 0.6 is 0 Å². The van der Waals surface area contributed by atoms with E-state index in [9.17, 15) is 4.79 Å². The van der Waals surface area contributed by atoms with Gasteiger partial charge in [0.2, 0.25) is 0 Å². The monoisotopic (exact) mass is 208 g/mol. The Kier molecular flexibility index (Phi) is 4.31. The minimum Gasteiger partial charge on any atom is -0.494 e. The molecule has 0 aromatic heterocycles. The predicted molar refractivity (Wildman–Crippen MR) is 58.6 cm³/mol. The first-order valence-corrected chi connectivity index (χ1v) is 4.94. The summed E-state index contributed by atoms with van der Waals surface area (Å²) in [5.41, 5.74) is 1.64. The third-order valence-electron chi connectivity index (χ3n) is 2.07. The van der Waals surface area contributed by atoms with Crippen LogP contribution in [0, 0.1) is 6.92 Å². The Morgan fingerprint density at radius 2 is 2.13 bits per heavy atom. The molecule has 3 nitrogen and oxygen atoms in total. The van der Waals surface area contributed by atoms with Gasteiger partial charge in [0.1, 0.15) is 12.4 Å². The van der Waals surface area contributed by atoms with Crippen molar-refractivity contribution >= 4 is 5.78 Å². The number of aryl methyl sites for hydroxylation is 1. The molecule has 0 radical (unpaired) electrons. The highest BCUT2D eigenvalue weighted by Gasteiger charge is 2.07. The predicted octanol–water partition coefficient (Wildman–Crippen LogP) is 2.22. The second kappa shape index (κ2) is 5.51. The van der Waals surface area contributed by atoms with Crippen molar-refractivity contribution < 1.29 is 14.3 Å². The maximum atomic E-state index is 11.5. The maximum absolute atomic E-state index is 11.5. The zero-order valence-electron chi connectivity index (χ0n) is 9.37. The Hall–Kier alpha value is -1.35. The lowest BCUT2D eigenvalue weighted by atomic mass is 10.1. The van der Waals surface area contributed by atoms with Crippen LogP contribution in [-0.4, -0.2) is 26.1 Å². The second-order valence-corrected chi connectivity index (χ2v) is 3.27. The van der Waals surface area contributed by atoms with Crippen LogP contribution in [0.15, 0.2) is 18.2 Å². The average Bonchev–Trinajstić information content (AvgIpc) is 2.21. The maximum Gasteiger partial charge on any atom is 0.188 e. The molecular formula is C12H16O3. The minimum atomic E-state index is -0.0105. The van der Waals surface area contributed by atoms with Gasteiger partial charge in [0.25, 0.3) is 0 Å². The van der Waals surface area contributed by atoms with Gasteiger partial charge in [0, 0.05) is 12.7 Å². The van der Waals surface area contributed by atoms with E-state index in [0.717, 1.165) is 11.3 Å². The average molecular weight is 208 g/mol. The van der Waals surface area contributed by atoms with Gasteiger partial charge in [-0.3, -0.25) is 4.79 Å². The topological polar surface area (TPSA) is 35.5 Å². The van der Waals surface area contributed by atoms with E-state index in [1.807, 2.05) is 26.0 Å². The van der Waals surface area contributed by atoms with Crippen LogP contribution in [0.25, 0.3) is 0 Å². The lowest BCUT2D eigenvalue weighted by molar-refractivity contribution is 0.0848. The van der Waals surface area contributed by atoms with E-state index in [2.05, 4.69) is 0 Å². The number of ether oxygens (including phenoxy) is 2. The molecule has 1 aromatic rings. The highest BCUT2D eigenvalue weighted by atomic mass is 16.5. The fraction of sp³-hybridized carbons (Fsp3) is 0.417. The molecule has 0 unspecified atom stereocenters. The van der Waals surface area contributed by atoms with Gasteiger partial charge < -0.3 is 9.47 Å². The molecule has 3 heteroatoms. The molecule has 1 rings (SSSR count). The van der Waals surface area contributed by atoms with Gasteiger partial charge in [-0.15, -0.1) is 0 Å². The van der Waals surface area contributed by atoms with Gasteiger partial charge in [-0.05, 0) is 37.6 Å². The molecule has 0 saturated heterocycles. The summed E-state index contributed by atoms with van der Waals surface area (Å²) in [6.07, 6.45) is 0. The summed E-state index contributed by atoms with van der Waals surface area (Å²) in [5.74, 6) is 0.815. The molecule has 0 fully saturated rings. The molecular weight excluding hydrogens is 192 g/mol. The van der Waals surface area contributed by atoms with Crippen molar-refractivity contribution in [3.63, 3.8) is 0 Å². The highest BCUT2D eigenvalue weighted by molar-refractivity contribution is 5.97. The smallest absolute Gasteiger partial charge is 0.188 e. The van der Waals surface area contributed by atoms with Crippen molar-refractivity contribution in [2.75, 3.05) is 20.3 Å². The molecule has 0 atom stereocenters. The Morgan fingerprint density at radius 1 is 1.40 bits per heavy atom.